The van der Waals surface area contributed by atoms with Crippen molar-refractivity contribution in [3.8, 4) is 17.2 Å². The highest BCUT2D eigenvalue weighted by molar-refractivity contribution is 5.91. The van der Waals surface area contributed by atoms with Crippen LogP contribution >= 0.6 is 0 Å². The molecule has 0 saturated heterocycles. The number of hydrogen-bond acceptors (Lipinski definition) is 4. The van der Waals surface area contributed by atoms with E-state index in [9.17, 15) is 4.79 Å². The molecule has 134 valence electrons. The van der Waals surface area contributed by atoms with Crippen LogP contribution in [0.5, 0.6) is 17.2 Å². The Hall–Kier alpha value is -2.89. The molecule has 2 aromatic rings. The van der Waals surface area contributed by atoms with Crippen LogP contribution in [0.25, 0.3) is 0 Å². The molecular formula is C19H24N2O4. The summed E-state index contributed by atoms with van der Waals surface area (Å²) in [6, 6.07) is 8.83. The molecule has 2 aromatic carbocycles. The summed E-state index contributed by atoms with van der Waals surface area (Å²) in [5.74, 6) is 1.96. The minimum absolute atomic E-state index is 0.0588. The smallest absolute Gasteiger partial charge is 0.321 e. The summed E-state index contributed by atoms with van der Waals surface area (Å²) < 4.78 is 16.1. The van der Waals surface area contributed by atoms with Gasteiger partial charge in [-0.2, -0.15) is 0 Å². The number of benzene rings is 2. The number of amides is 2. The van der Waals surface area contributed by atoms with Crippen LogP contribution in [-0.2, 0) is 0 Å². The van der Waals surface area contributed by atoms with Gasteiger partial charge in [0, 0.05) is 6.07 Å². The number of hydrogen-bond donors (Lipinski definition) is 2. The lowest BCUT2D eigenvalue weighted by molar-refractivity contribution is 0.234. The average Bonchev–Trinajstić information content (AvgIpc) is 2.61. The fourth-order valence-electron chi connectivity index (χ4n) is 2.40. The lowest BCUT2D eigenvalue weighted by Crippen LogP contribution is -2.32. The number of urea groups is 1. The first-order valence-corrected chi connectivity index (χ1v) is 7.92. The second-order valence-electron chi connectivity index (χ2n) is 5.64. The van der Waals surface area contributed by atoms with Gasteiger partial charge in [-0.15, -0.1) is 0 Å². The molecule has 0 aliphatic carbocycles. The third-order valence-corrected chi connectivity index (χ3v) is 3.98. The van der Waals surface area contributed by atoms with Crippen LogP contribution in [0, 0.1) is 20.8 Å². The minimum Gasteiger partial charge on any atom is -0.497 e. The van der Waals surface area contributed by atoms with Gasteiger partial charge < -0.3 is 24.8 Å². The quantitative estimate of drug-likeness (QED) is 0.783. The Morgan fingerprint density at radius 1 is 1.00 bits per heavy atom. The van der Waals surface area contributed by atoms with Crippen LogP contribution in [0.15, 0.2) is 30.3 Å². The van der Waals surface area contributed by atoms with E-state index in [4.69, 9.17) is 14.2 Å². The van der Waals surface area contributed by atoms with Crippen molar-refractivity contribution in [1.82, 2.24) is 5.32 Å². The summed E-state index contributed by atoms with van der Waals surface area (Å²) in [6.07, 6.45) is 0. The van der Waals surface area contributed by atoms with Gasteiger partial charge in [0.2, 0.25) is 0 Å². The molecule has 0 unspecified atom stereocenters. The molecule has 2 amide bonds. The largest absolute Gasteiger partial charge is 0.497 e. The van der Waals surface area contributed by atoms with Crippen molar-refractivity contribution in [2.75, 3.05) is 26.3 Å². The number of rotatable bonds is 6. The molecule has 0 heterocycles. The number of carbonyl (C=O) groups excluding carboxylic acids is 1. The molecule has 0 aliphatic heterocycles. The first-order chi connectivity index (χ1) is 12.0. The lowest BCUT2D eigenvalue weighted by Gasteiger charge is -2.15. The number of carbonyl (C=O) groups is 1. The van der Waals surface area contributed by atoms with Crippen molar-refractivity contribution in [3.63, 3.8) is 0 Å². The van der Waals surface area contributed by atoms with E-state index in [-0.39, 0.29) is 6.73 Å². The number of nitrogens with one attached hydrogen (secondary N) is 2. The van der Waals surface area contributed by atoms with Crippen LogP contribution in [0.3, 0.4) is 0 Å². The highest BCUT2D eigenvalue weighted by Crippen LogP contribution is 2.29. The summed E-state index contributed by atoms with van der Waals surface area (Å²) in [5, 5.41) is 5.40. The van der Waals surface area contributed by atoms with Crippen LogP contribution in [0.4, 0.5) is 10.5 Å². The zero-order valence-corrected chi connectivity index (χ0v) is 15.2. The SMILES string of the molecule is COc1ccc(OC)c(NC(=O)NCOc2c(C)ccc(C)c2C)c1. The molecule has 0 aliphatic rings. The van der Waals surface area contributed by atoms with Gasteiger partial charge in [0.05, 0.1) is 19.9 Å². The van der Waals surface area contributed by atoms with Crippen LogP contribution < -0.4 is 24.8 Å². The molecule has 25 heavy (non-hydrogen) atoms. The van der Waals surface area contributed by atoms with E-state index in [2.05, 4.69) is 10.6 Å². The van der Waals surface area contributed by atoms with Gasteiger partial charge in [0.15, 0.2) is 6.73 Å². The number of aryl methyl sites for hydroxylation is 2. The molecule has 0 bridgehead atoms. The third-order valence-electron chi connectivity index (χ3n) is 3.98. The molecule has 2 rings (SSSR count). The molecule has 2 N–H and O–H groups in total. The van der Waals surface area contributed by atoms with Gasteiger partial charge >= 0.3 is 6.03 Å². The fraction of sp³-hybridized carbons (Fsp3) is 0.316. The van der Waals surface area contributed by atoms with E-state index in [1.54, 1.807) is 25.3 Å². The molecule has 0 spiro atoms. The fourth-order valence-corrected chi connectivity index (χ4v) is 2.40. The van der Waals surface area contributed by atoms with E-state index < -0.39 is 6.03 Å². The van der Waals surface area contributed by atoms with Crippen molar-refractivity contribution < 1.29 is 19.0 Å². The lowest BCUT2D eigenvalue weighted by atomic mass is 10.1. The predicted octanol–water partition coefficient (Wildman–Crippen LogP) is 3.79. The number of methoxy groups -OCH3 is 2. The van der Waals surface area contributed by atoms with Gasteiger partial charge in [0.1, 0.15) is 17.2 Å². The second kappa shape index (κ2) is 8.28. The summed E-state index contributed by atoms with van der Waals surface area (Å²) in [5.41, 5.74) is 3.75. The summed E-state index contributed by atoms with van der Waals surface area (Å²) in [4.78, 5) is 12.1. The molecule has 0 radical (unpaired) electrons. The summed E-state index contributed by atoms with van der Waals surface area (Å²) in [7, 11) is 3.10. The van der Waals surface area contributed by atoms with Gasteiger partial charge in [0.25, 0.3) is 0 Å². The first kappa shape index (κ1) is 18.4. The van der Waals surface area contributed by atoms with Gasteiger partial charge in [-0.1, -0.05) is 12.1 Å². The van der Waals surface area contributed by atoms with Gasteiger partial charge in [-0.05, 0) is 49.6 Å². The van der Waals surface area contributed by atoms with Crippen molar-refractivity contribution in [2.45, 2.75) is 20.8 Å². The molecular weight excluding hydrogens is 320 g/mol. The van der Waals surface area contributed by atoms with E-state index in [0.29, 0.717) is 17.2 Å². The Morgan fingerprint density at radius 3 is 2.40 bits per heavy atom. The first-order valence-electron chi connectivity index (χ1n) is 7.92. The van der Waals surface area contributed by atoms with E-state index in [1.807, 2.05) is 32.9 Å². The van der Waals surface area contributed by atoms with E-state index >= 15 is 0 Å². The monoisotopic (exact) mass is 344 g/mol. The highest BCUT2D eigenvalue weighted by Gasteiger charge is 2.10. The average molecular weight is 344 g/mol. The maximum absolute atomic E-state index is 12.1. The minimum atomic E-state index is -0.394. The Morgan fingerprint density at radius 2 is 1.72 bits per heavy atom. The second-order valence-corrected chi connectivity index (χ2v) is 5.64. The molecule has 0 fully saturated rings. The van der Waals surface area contributed by atoms with Crippen LogP contribution in [0.1, 0.15) is 16.7 Å². The molecule has 6 nitrogen and oxygen atoms in total. The van der Waals surface area contributed by atoms with Gasteiger partial charge in [-0.3, -0.25) is 0 Å². The molecule has 6 heteroatoms. The van der Waals surface area contributed by atoms with Crippen molar-refractivity contribution in [3.05, 3.63) is 47.0 Å². The van der Waals surface area contributed by atoms with Crippen molar-refractivity contribution in [2.24, 2.45) is 0 Å². The number of anilines is 1. The predicted molar refractivity (Wildman–Crippen MR) is 97.8 cm³/mol. The van der Waals surface area contributed by atoms with Crippen LogP contribution in [-0.4, -0.2) is 27.0 Å². The number of ether oxygens (including phenoxy) is 3. The molecule has 0 atom stereocenters. The zero-order chi connectivity index (χ0) is 18.4. The van der Waals surface area contributed by atoms with Gasteiger partial charge in [-0.25, -0.2) is 4.79 Å². The maximum atomic E-state index is 12.1. The summed E-state index contributed by atoms with van der Waals surface area (Å²) >= 11 is 0. The highest BCUT2D eigenvalue weighted by atomic mass is 16.5. The molecule has 0 aromatic heterocycles. The Labute approximate surface area is 148 Å². The standard InChI is InChI=1S/C19H24N2O4/c1-12-6-7-13(2)18(14(12)3)25-11-20-19(22)21-16-10-15(23-4)8-9-17(16)24-5/h6-10H,11H2,1-5H3,(H2,20,21,22). The third kappa shape index (κ3) is 4.56. The topological polar surface area (TPSA) is 68.8 Å². The maximum Gasteiger partial charge on any atom is 0.321 e. The zero-order valence-electron chi connectivity index (χ0n) is 15.2. The van der Waals surface area contributed by atoms with E-state index in [0.717, 1.165) is 22.4 Å². The summed E-state index contributed by atoms with van der Waals surface area (Å²) in [6.45, 7) is 6.06. The molecule has 0 saturated carbocycles. The normalized spacial score (nSPS) is 10.1. The Bertz CT molecular complexity index is 759. The van der Waals surface area contributed by atoms with E-state index in [1.165, 1.54) is 7.11 Å². The Balaban J connectivity index is 1.97. The Kier molecular flexibility index (Phi) is 6.11. The van der Waals surface area contributed by atoms with Crippen molar-refractivity contribution in [1.29, 1.82) is 0 Å². The van der Waals surface area contributed by atoms with Crippen molar-refractivity contribution >= 4 is 11.7 Å². The van der Waals surface area contributed by atoms with Crippen LogP contribution in [0.2, 0.25) is 0 Å².